The smallest absolute Gasteiger partial charge is 0.248 e. The molecule has 1 aromatic heterocycles. The summed E-state index contributed by atoms with van der Waals surface area (Å²) in [4.78, 5) is 22.1. The van der Waals surface area contributed by atoms with Crippen molar-refractivity contribution in [3.63, 3.8) is 0 Å². The number of amides is 1. The van der Waals surface area contributed by atoms with Gasteiger partial charge in [-0.3, -0.25) is 4.79 Å². The summed E-state index contributed by atoms with van der Waals surface area (Å²) in [6, 6.07) is 8.97. The third-order valence-corrected chi connectivity index (χ3v) is 7.80. The number of hydrogen-bond acceptors (Lipinski definition) is 6. The molecule has 160 valence electrons. The molecule has 1 aromatic carbocycles. The molecule has 0 bridgehead atoms. The van der Waals surface area contributed by atoms with Gasteiger partial charge in [-0.15, -0.1) is 11.3 Å². The van der Waals surface area contributed by atoms with E-state index in [0.29, 0.717) is 25.2 Å². The van der Waals surface area contributed by atoms with Crippen LogP contribution in [-0.4, -0.2) is 64.2 Å². The zero-order valence-corrected chi connectivity index (χ0v) is 18.1. The minimum atomic E-state index is -0.437. The Morgan fingerprint density at radius 3 is 2.63 bits per heavy atom. The van der Waals surface area contributed by atoms with Crippen LogP contribution in [0.25, 0.3) is 10.6 Å². The molecule has 1 aliphatic carbocycles. The number of fused-ring (bicyclic) bond motifs is 1. The fourth-order valence-corrected chi connectivity index (χ4v) is 5.78. The molecule has 1 saturated heterocycles. The normalized spacial score (nSPS) is 24.2. The van der Waals surface area contributed by atoms with Crippen LogP contribution in [0.2, 0.25) is 0 Å². The molecule has 30 heavy (non-hydrogen) atoms. The van der Waals surface area contributed by atoms with Crippen molar-refractivity contribution in [3.05, 3.63) is 34.8 Å². The second kappa shape index (κ2) is 8.65. The first-order valence-corrected chi connectivity index (χ1v) is 11.9. The van der Waals surface area contributed by atoms with E-state index in [4.69, 9.17) is 14.8 Å². The molecule has 2 fully saturated rings. The molecule has 0 atom stereocenters. The lowest BCUT2D eigenvalue weighted by Gasteiger charge is -2.44. The molecule has 2 aliphatic heterocycles. The number of hydrogen-bond donors (Lipinski definition) is 1. The summed E-state index contributed by atoms with van der Waals surface area (Å²) in [6.45, 7) is 3.23. The average molecular weight is 428 g/mol. The van der Waals surface area contributed by atoms with Crippen molar-refractivity contribution in [2.45, 2.75) is 57.2 Å². The van der Waals surface area contributed by atoms with Crippen LogP contribution in [0.15, 0.2) is 24.3 Å². The van der Waals surface area contributed by atoms with Crippen molar-refractivity contribution in [3.8, 4) is 16.3 Å². The predicted octanol–water partition coefficient (Wildman–Crippen LogP) is 3.08. The summed E-state index contributed by atoms with van der Waals surface area (Å²) in [7, 11) is 0. The Morgan fingerprint density at radius 2 is 1.90 bits per heavy atom. The van der Waals surface area contributed by atoms with Gasteiger partial charge in [0, 0.05) is 42.3 Å². The van der Waals surface area contributed by atoms with Crippen LogP contribution >= 0.6 is 11.3 Å². The highest BCUT2D eigenvalue weighted by Gasteiger charge is 2.35. The average Bonchev–Trinajstić information content (AvgIpc) is 3.20. The SMILES string of the molecule is O=C(CO)N1CCc2sc(-c3ccc(OC4CC(N5CCCCC5)C4)cc3)nc2C1. The van der Waals surface area contributed by atoms with Gasteiger partial charge in [0.05, 0.1) is 12.2 Å². The van der Waals surface area contributed by atoms with Gasteiger partial charge in [-0.1, -0.05) is 6.42 Å². The van der Waals surface area contributed by atoms with Gasteiger partial charge in [0.1, 0.15) is 23.5 Å². The highest BCUT2D eigenvalue weighted by molar-refractivity contribution is 7.15. The van der Waals surface area contributed by atoms with Crippen molar-refractivity contribution < 1.29 is 14.6 Å². The molecule has 0 radical (unpaired) electrons. The van der Waals surface area contributed by atoms with Crippen molar-refractivity contribution in [2.24, 2.45) is 0 Å². The Hall–Kier alpha value is -1.96. The third-order valence-electron chi connectivity index (χ3n) is 6.60. The fraction of sp³-hybridized carbons (Fsp3) is 0.565. The predicted molar refractivity (Wildman–Crippen MR) is 117 cm³/mol. The number of thiazole rings is 1. The van der Waals surface area contributed by atoms with E-state index in [0.717, 1.165) is 41.3 Å². The van der Waals surface area contributed by atoms with Crippen molar-refractivity contribution in [1.82, 2.24) is 14.8 Å². The third kappa shape index (κ3) is 4.11. The number of carbonyl (C=O) groups excluding carboxylic acids is 1. The molecule has 3 heterocycles. The Bertz CT molecular complexity index is 886. The molecule has 2 aromatic rings. The first-order valence-electron chi connectivity index (χ1n) is 11.1. The first kappa shape index (κ1) is 20.0. The van der Waals surface area contributed by atoms with Crippen molar-refractivity contribution >= 4 is 17.2 Å². The summed E-state index contributed by atoms with van der Waals surface area (Å²) in [6.07, 6.45) is 7.51. The quantitative estimate of drug-likeness (QED) is 0.794. The topological polar surface area (TPSA) is 65.9 Å². The molecule has 0 unspecified atom stereocenters. The number of nitrogens with zero attached hydrogens (tertiary/aromatic N) is 3. The summed E-state index contributed by atoms with van der Waals surface area (Å²) >= 11 is 1.70. The maximum atomic E-state index is 11.8. The molecule has 3 aliphatic rings. The van der Waals surface area contributed by atoms with Crippen LogP contribution in [-0.2, 0) is 17.8 Å². The molecular formula is C23H29N3O3S. The van der Waals surface area contributed by atoms with Crippen LogP contribution in [0, 0.1) is 0 Å². The number of carbonyl (C=O) groups is 1. The maximum absolute atomic E-state index is 11.8. The molecule has 7 heteroatoms. The second-order valence-electron chi connectivity index (χ2n) is 8.60. The van der Waals surface area contributed by atoms with Crippen LogP contribution in [0.4, 0.5) is 0 Å². The lowest BCUT2D eigenvalue weighted by atomic mass is 9.86. The number of aliphatic hydroxyl groups is 1. The van der Waals surface area contributed by atoms with Crippen LogP contribution in [0.5, 0.6) is 5.75 Å². The molecule has 0 spiro atoms. The highest BCUT2D eigenvalue weighted by atomic mass is 32.1. The lowest BCUT2D eigenvalue weighted by molar-refractivity contribution is -0.135. The number of likely N-dealkylation sites (tertiary alicyclic amines) is 1. The fourth-order valence-electron chi connectivity index (χ4n) is 4.72. The van der Waals surface area contributed by atoms with Gasteiger partial charge in [0.25, 0.3) is 0 Å². The number of benzene rings is 1. The largest absolute Gasteiger partial charge is 0.490 e. The Morgan fingerprint density at radius 1 is 1.13 bits per heavy atom. The summed E-state index contributed by atoms with van der Waals surface area (Å²) in [5, 5.41) is 10.1. The summed E-state index contributed by atoms with van der Waals surface area (Å²) < 4.78 is 6.18. The van der Waals surface area contributed by atoms with Gasteiger partial charge in [-0.25, -0.2) is 4.98 Å². The van der Waals surface area contributed by atoms with Gasteiger partial charge in [-0.05, 0) is 50.2 Å². The minimum absolute atomic E-state index is 0.227. The van der Waals surface area contributed by atoms with E-state index in [-0.39, 0.29) is 5.91 Å². The van der Waals surface area contributed by atoms with Gasteiger partial charge in [0.15, 0.2) is 0 Å². The van der Waals surface area contributed by atoms with E-state index in [9.17, 15) is 4.79 Å². The lowest BCUT2D eigenvalue weighted by Crippen LogP contribution is -2.50. The van der Waals surface area contributed by atoms with E-state index in [2.05, 4.69) is 17.0 Å². The summed E-state index contributed by atoms with van der Waals surface area (Å²) in [5.41, 5.74) is 2.04. The first-order chi connectivity index (χ1) is 14.7. The number of aliphatic hydroxyl groups excluding tert-OH is 1. The number of aromatic nitrogens is 1. The molecule has 1 amide bonds. The second-order valence-corrected chi connectivity index (χ2v) is 9.68. The number of piperidine rings is 1. The molecule has 1 saturated carbocycles. The van der Waals surface area contributed by atoms with E-state index in [1.54, 1.807) is 16.2 Å². The van der Waals surface area contributed by atoms with E-state index in [1.165, 1.54) is 37.2 Å². The minimum Gasteiger partial charge on any atom is -0.490 e. The van der Waals surface area contributed by atoms with Crippen LogP contribution in [0.1, 0.15) is 42.7 Å². The molecular weight excluding hydrogens is 398 g/mol. The number of ether oxygens (including phenoxy) is 1. The standard InChI is InChI=1S/C23H29N3O3S/c27-15-22(28)26-11-8-21-20(14-26)24-23(30-21)16-4-6-18(7-5-16)29-19-12-17(13-19)25-9-2-1-3-10-25/h4-7,17,19,27H,1-3,8-15H2. The van der Waals surface area contributed by atoms with E-state index >= 15 is 0 Å². The van der Waals surface area contributed by atoms with E-state index in [1.807, 2.05) is 12.1 Å². The zero-order chi connectivity index (χ0) is 20.5. The molecule has 5 rings (SSSR count). The number of rotatable bonds is 5. The van der Waals surface area contributed by atoms with Gasteiger partial charge in [0.2, 0.25) is 5.91 Å². The van der Waals surface area contributed by atoms with Crippen LogP contribution < -0.4 is 4.74 Å². The van der Waals surface area contributed by atoms with Gasteiger partial charge < -0.3 is 19.6 Å². The summed E-state index contributed by atoms with van der Waals surface area (Å²) in [5.74, 6) is 0.706. The Kier molecular flexibility index (Phi) is 5.76. The van der Waals surface area contributed by atoms with Crippen molar-refractivity contribution in [1.29, 1.82) is 0 Å². The zero-order valence-electron chi connectivity index (χ0n) is 17.3. The monoisotopic (exact) mass is 427 g/mol. The highest BCUT2D eigenvalue weighted by Crippen LogP contribution is 2.34. The molecule has 6 nitrogen and oxygen atoms in total. The Balaban J connectivity index is 1.17. The van der Waals surface area contributed by atoms with Gasteiger partial charge in [-0.2, -0.15) is 0 Å². The van der Waals surface area contributed by atoms with Crippen molar-refractivity contribution in [2.75, 3.05) is 26.2 Å². The van der Waals surface area contributed by atoms with Gasteiger partial charge >= 0.3 is 0 Å². The van der Waals surface area contributed by atoms with Crippen LogP contribution in [0.3, 0.4) is 0 Å². The molecule has 1 N–H and O–H groups in total. The Labute approximate surface area is 181 Å². The van der Waals surface area contributed by atoms with E-state index < -0.39 is 6.61 Å². The maximum Gasteiger partial charge on any atom is 0.248 e.